The number of phenolic OH excluding ortho intramolecular Hbond substituents is 1. The van der Waals surface area contributed by atoms with Crippen LogP contribution in [0.15, 0.2) is 23.3 Å². The number of nitro groups is 1. The lowest BCUT2D eigenvalue weighted by Crippen LogP contribution is -2.33. The van der Waals surface area contributed by atoms with Gasteiger partial charge in [-0.05, 0) is 38.1 Å². The molecule has 0 saturated carbocycles. The first-order chi connectivity index (χ1) is 11.1. The molecule has 0 aliphatic carbocycles. The zero-order valence-corrected chi connectivity index (χ0v) is 12.8. The molecule has 1 amide bonds. The molecule has 1 fully saturated rings. The quantitative estimate of drug-likeness (QED) is 0.470. The van der Waals surface area contributed by atoms with Crippen molar-refractivity contribution in [2.24, 2.45) is 5.10 Å². The summed E-state index contributed by atoms with van der Waals surface area (Å²) in [5.74, 6) is -0.599. The van der Waals surface area contributed by atoms with Crippen LogP contribution in [0.1, 0.15) is 31.2 Å². The number of hydrogen-bond acceptors (Lipinski definition) is 6. The summed E-state index contributed by atoms with van der Waals surface area (Å²) in [6.45, 7) is 2.79. The van der Waals surface area contributed by atoms with Gasteiger partial charge < -0.3 is 10.0 Å². The Morgan fingerprint density at radius 3 is 2.83 bits per heavy atom. The van der Waals surface area contributed by atoms with E-state index in [-0.39, 0.29) is 5.91 Å². The van der Waals surface area contributed by atoms with Gasteiger partial charge in [-0.25, -0.2) is 5.43 Å². The van der Waals surface area contributed by atoms with E-state index in [0.717, 1.165) is 13.1 Å². The number of carbonyl (C=O) groups is 1. The van der Waals surface area contributed by atoms with Gasteiger partial charge in [-0.15, -0.1) is 0 Å². The highest BCUT2D eigenvalue weighted by molar-refractivity contribution is 5.83. The predicted molar refractivity (Wildman–Crippen MR) is 85.4 cm³/mol. The van der Waals surface area contributed by atoms with Gasteiger partial charge in [0.1, 0.15) is 0 Å². The summed E-state index contributed by atoms with van der Waals surface area (Å²) in [6, 6.07) is 3.89. The molecular formula is C15H20N4O4. The van der Waals surface area contributed by atoms with Crippen molar-refractivity contribution in [1.29, 1.82) is 0 Å². The van der Waals surface area contributed by atoms with Crippen molar-refractivity contribution in [3.05, 3.63) is 33.9 Å². The van der Waals surface area contributed by atoms with Crippen LogP contribution in [0.4, 0.5) is 5.69 Å². The van der Waals surface area contributed by atoms with Gasteiger partial charge >= 0.3 is 5.69 Å². The normalized spacial score (nSPS) is 15.7. The molecule has 1 aromatic rings. The average molecular weight is 320 g/mol. The molecule has 2 rings (SSSR count). The maximum Gasteiger partial charge on any atom is 0.311 e. The third kappa shape index (κ3) is 5.33. The number of amides is 1. The molecule has 1 aromatic carbocycles. The standard InChI is InChI=1S/C15H20N4O4/c20-14-5-4-12(10-13(14)19(22)23)11-16-17-15(21)6-9-18-7-2-1-3-8-18/h4-5,10-11,20H,1-3,6-9H2,(H,17,21). The number of nitrogens with zero attached hydrogens (tertiary/aromatic N) is 3. The summed E-state index contributed by atoms with van der Waals surface area (Å²) < 4.78 is 0. The lowest BCUT2D eigenvalue weighted by Gasteiger charge is -2.25. The molecule has 1 heterocycles. The number of nitrogens with one attached hydrogen (secondary N) is 1. The monoisotopic (exact) mass is 320 g/mol. The van der Waals surface area contributed by atoms with E-state index in [0.29, 0.717) is 18.5 Å². The molecule has 0 atom stereocenters. The minimum absolute atomic E-state index is 0.194. The first-order valence-electron chi connectivity index (χ1n) is 7.58. The van der Waals surface area contributed by atoms with Crippen molar-refractivity contribution in [1.82, 2.24) is 10.3 Å². The van der Waals surface area contributed by atoms with Crippen LogP contribution in [-0.4, -0.2) is 46.7 Å². The molecule has 1 saturated heterocycles. The number of hydrazone groups is 1. The number of piperidine rings is 1. The molecule has 0 spiro atoms. The Morgan fingerprint density at radius 1 is 1.39 bits per heavy atom. The number of carbonyl (C=O) groups excluding carboxylic acids is 1. The minimum atomic E-state index is -0.677. The van der Waals surface area contributed by atoms with Gasteiger partial charge in [-0.2, -0.15) is 5.10 Å². The second-order valence-corrected chi connectivity index (χ2v) is 5.45. The van der Waals surface area contributed by atoms with E-state index in [1.54, 1.807) is 0 Å². The first kappa shape index (κ1) is 16.9. The molecule has 23 heavy (non-hydrogen) atoms. The van der Waals surface area contributed by atoms with Crippen molar-refractivity contribution in [3.63, 3.8) is 0 Å². The van der Waals surface area contributed by atoms with Crippen LogP contribution in [0, 0.1) is 10.1 Å². The largest absolute Gasteiger partial charge is 0.502 e. The Morgan fingerprint density at radius 2 is 2.13 bits per heavy atom. The van der Waals surface area contributed by atoms with E-state index in [4.69, 9.17) is 0 Å². The van der Waals surface area contributed by atoms with Crippen molar-refractivity contribution < 1.29 is 14.8 Å². The van der Waals surface area contributed by atoms with Gasteiger partial charge in [-0.3, -0.25) is 14.9 Å². The summed E-state index contributed by atoms with van der Waals surface area (Å²) in [7, 11) is 0. The molecule has 0 unspecified atom stereocenters. The summed E-state index contributed by atoms with van der Waals surface area (Å²) >= 11 is 0. The van der Waals surface area contributed by atoms with Crippen LogP contribution < -0.4 is 5.43 Å². The van der Waals surface area contributed by atoms with Crippen LogP contribution in [0.5, 0.6) is 5.75 Å². The van der Waals surface area contributed by atoms with Gasteiger partial charge in [-0.1, -0.05) is 6.42 Å². The number of benzene rings is 1. The molecule has 124 valence electrons. The fraction of sp³-hybridized carbons (Fsp3) is 0.467. The van der Waals surface area contributed by atoms with Gasteiger partial charge in [0.15, 0.2) is 5.75 Å². The fourth-order valence-electron chi connectivity index (χ4n) is 2.44. The molecule has 0 aromatic heterocycles. The second-order valence-electron chi connectivity index (χ2n) is 5.45. The van der Waals surface area contributed by atoms with E-state index in [1.807, 2.05) is 0 Å². The number of likely N-dealkylation sites (tertiary alicyclic amines) is 1. The third-order valence-electron chi connectivity index (χ3n) is 3.70. The van der Waals surface area contributed by atoms with Crippen LogP contribution >= 0.6 is 0 Å². The highest BCUT2D eigenvalue weighted by Gasteiger charge is 2.13. The Balaban J connectivity index is 1.80. The van der Waals surface area contributed by atoms with Gasteiger partial charge in [0.2, 0.25) is 5.91 Å². The number of phenols is 1. The van der Waals surface area contributed by atoms with E-state index < -0.39 is 16.4 Å². The van der Waals surface area contributed by atoms with E-state index in [1.165, 1.54) is 43.7 Å². The summed E-state index contributed by atoms with van der Waals surface area (Å²) in [5.41, 5.74) is 2.43. The third-order valence-corrected chi connectivity index (χ3v) is 3.70. The van der Waals surface area contributed by atoms with Crippen LogP contribution in [-0.2, 0) is 4.79 Å². The number of nitro benzene ring substituents is 1. The Labute approximate surface area is 133 Å². The highest BCUT2D eigenvalue weighted by Crippen LogP contribution is 2.25. The topological polar surface area (TPSA) is 108 Å². The van der Waals surface area contributed by atoms with Crippen LogP contribution in [0.25, 0.3) is 0 Å². The maximum atomic E-state index is 11.7. The van der Waals surface area contributed by atoms with Gasteiger partial charge in [0.25, 0.3) is 0 Å². The Hall–Kier alpha value is -2.48. The SMILES string of the molecule is O=C(CCN1CCCCC1)NN=Cc1ccc(O)c([N+](=O)[O-])c1. The lowest BCUT2D eigenvalue weighted by molar-refractivity contribution is -0.385. The first-order valence-corrected chi connectivity index (χ1v) is 7.58. The molecule has 0 bridgehead atoms. The molecular weight excluding hydrogens is 300 g/mol. The van der Waals surface area contributed by atoms with E-state index in [9.17, 15) is 20.0 Å². The number of rotatable bonds is 6. The van der Waals surface area contributed by atoms with Crippen molar-refractivity contribution >= 4 is 17.8 Å². The fourth-order valence-corrected chi connectivity index (χ4v) is 2.44. The van der Waals surface area contributed by atoms with Crippen molar-refractivity contribution in [2.45, 2.75) is 25.7 Å². The maximum absolute atomic E-state index is 11.7. The van der Waals surface area contributed by atoms with Crippen molar-refractivity contribution in [3.8, 4) is 5.75 Å². The summed E-state index contributed by atoms with van der Waals surface area (Å²) in [6.07, 6.45) is 5.29. The molecule has 0 radical (unpaired) electrons. The zero-order valence-electron chi connectivity index (χ0n) is 12.8. The van der Waals surface area contributed by atoms with E-state index in [2.05, 4.69) is 15.4 Å². The number of hydrogen-bond donors (Lipinski definition) is 2. The zero-order chi connectivity index (χ0) is 16.7. The molecule has 8 heteroatoms. The van der Waals surface area contributed by atoms with Crippen LogP contribution in [0.3, 0.4) is 0 Å². The second kappa shape index (κ2) is 8.23. The summed E-state index contributed by atoms with van der Waals surface area (Å²) in [4.78, 5) is 24.0. The average Bonchev–Trinajstić information content (AvgIpc) is 2.55. The molecule has 8 nitrogen and oxygen atoms in total. The van der Waals surface area contributed by atoms with Gasteiger partial charge in [0.05, 0.1) is 11.1 Å². The van der Waals surface area contributed by atoms with Crippen LogP contribution in [0.2, 0.25) is 0 Å². The molecule has 1 aliphatic heterocycles. The van der Waals surface area contributed by atoms with E-state index >= 15 is 0 Å². The minimum Gasteiger partial charge on any atom is -0.502 e. The predicted octanol–water partition coefficient (Wildman–Crippen LogP) is 1.63. The molecule has 2 N–H and O–H groups in total. The Bertz CT molecular complexity index is 597. The smallest absolute Gasteiger partial charge is 0.311 e. The summed E-state index contributed by atoms with van der Waals surface area (Å²) in [5, 5.41) is 23.9. The lowest BCUT2D eigenvalue weighted by atomic mass is 10.1. The highest BCUT2D eigenvalue weighted by atomic mass is 16.6. The molecule has 1 aliphatic rings. The van der Waals surface area contributed by atoms with Gasteiger partial charge in [0, 0.05) is 24.6 Å². The van der Waals surface area contributed by atoms with Crippen molar-refractivity contribution in [2.75, 3.05) is 19.6 Å². The number of aromatic hydroxyl groups is 1. The Kier molecular flexibility index (Phi) is 6.04.